The molecule has 0 spiro atoms. The van der Waals surface area contributed by atoms with Crippen molar-refractivity contribution in [2.24, 2.45) is 0 Å². The van der Waals surface area contributed by atoms with Crippen LogP contribution < -0.4 is 13.8 Å². The number of halogens is 1. The van der Waals surface area contributed by atoms with Crippen LogP contribution in [-0.2, 0) is 28.9 Å². The molecule has 4 rings (SSSR count). The smallest absolute Gasteiger partial charge is 0.341 e. The van der Waals surface area contributed by atoms with Crippen LogP contribution in [0, 0.1) is 0 Å². The highest BCUT2D eigenvalue weighted by atomic mass is 79.9. The Hall–Kier alpha value is -2.95. The van der Waals surface area contributed by atoms with Crippen molar-refractivity contribution in [3.63, 3.8) is 0 Å². The Morgan fingerprint density at radius 3 is 2.69 bits per heavy atom. The zero-order chi connectivity index (χ0) is 24.9. The number of anilines is 1. The average molecular weight is 561 g/mol. The molecule has 2 aromatic carbocycles. The van der Waals surface area contributed by atoms with Gasteiger partial charge in [0.25, 0.3) is 11.3 Å². The molecule has 184 valence electrons. The first-order chi connectivity index (χ1) is 16.9. The SMILES string of the molecule is CCc1ccc(Oc2ncc(N(C3CCCc4c(OCC(=O)O)cccc43)S(=O)O)cc2Br)cc1. The second kappa shape index (κ2) is 11.2. The van der Waals surface area contributed by atoms with Gasteiger partial charge in [0.05, 0.1) is 22.4 Å². The molecule has 1 aliphatic rings. The Kier molecular flexibility index (Phi) is 8.04. The minimum atomic E-state index is -2.34. The van der Waals surface area contributed by atoms with E-state index in [-0.39, 0.29) is 0 Å². The lowest BCUT2D eigenvalue weighted by atomic mass is 9.87. The fourth-order valence-corrected chi connectivity index (χ4v) is 5.34. The van der Waals surface area contributed by atoms with Crippen LogP contribution in [0.4, 0.5) is 5.69 Å². The van der Waals surface area contributed by atoms with Gasteiger partial charge in [-0.05, 0) is 82.6 Å². The average Bonchev–Trinajstić information content (AvgIpc) is 2.85. The summed E-state index contributed by atoms with van der Waals surface area (Å²) in [5, 5.41) is 8.98. The number of carboxylic acids is 1. The van der Waals surface area contributed by atoms with Gasteiger partial charge in [-0.3, -0.25) is 8.86 Å². The van der Waals surface area contributed by atoms with Crippen LogP contribution in [0.25, 0.3) is 0 Å². The number of aromatic nitrogens is 1. The summed E-state index contributed by atoms with van der Waals surface area (Å²) >= 11 is 1.14. The number of hydrogen-bond donors (Lipinski definition) is 2. The molecule has 10 heteroatoms. The van der Waals surface area contributed by atoms with Gasteiger partial charge in [-0.15, -0.1) is 0 Å². The van der Waals surface area contributed by atoms with Crippen molar-refractivity contribution in [3.8, 4) is 17.4 Å². The number of nitrogens with zero attached hydrogens (tertiary/aromatic N) is 2. The van der Waals surface area contributed by atoms with Gasteiger partial charge in [-0.2, -0.15) is 0 Å². The van der Waals surface area contributed by atoms with Crippen molar-refractivity contribution in [2.75, 3.05) is 10.9 Å². The Morgan fingerprint density at radius 1 is 1.26 bits per heavy atom. The molecule has 1 aliphatic carbocycles. The van der Waals surface area contributed by atoms with E-state index in [2.05, 4.69) is 27.8 Å². The molecule has 2 N–H and O–H groups in total. The van der Waals surface area contributed by atoms with E-state index in [0.717, 1.165) is 24.0 Å². The Morgan fingerprint density at radius 2 is 2.03 bits per heavy atom. The topological polar surface area (TPSA) is 109 Å². The monoisotopic (exact) mass is 560 g/mol. The van der Waals surface area contributed by atoms with Crippen molar-refractivity contribution in [3.05, 3.63) is 75.9 Å². The third-order valence-electron chi connectivity index (χ3n) is 5.83. The third kappa shape index (κ3) is 5.83. The largest absolute Gasteiger partial charge is 0.482 e. The number of ether oxygens (including phenoxy) is 2. The van der Waals surface area contributed by atoms with Crippen LogP contribution in [0.2, 0.25) is 0 Å². The van der Waals surface area contributed by atoms with Crippen LogP contribution in [-0.4, -0.2) is 31.4 Å². The summed E-state index contributed by atoms with van der Waals surface area (Å²) in [6.45, 7) is 1.63. The number of fused-ring (bicyclic) bond motifs is 1. The van der Waals surface area contributed by atoms with Crippen molar-refractivity contribution in [1.29, 1.82) is 0 Å². The molecule has 0 saturated heterocycles. The van der Waals surface area contributed by atoms with E-state index in [9.17, 15) is 13.6 Å². The van der Waals surface area contributed by atoms with E-state index in [1.807, 2.05) is 30.3 Å². The third-order valence-corrected chi connectivity index (χ3v) is 7.20. The van der Waals surface area contributed by atoms with Gasteiger partial charge in [0.15, 0.2) is 6.61 Å². The molecule has 3 aromatic rings. The number of carboxylic acid groups (broad SMARTS) is 1. The Bertz CT molecular complexity index is 1240. The summed E-state index contributed by atoms with van der Waals surface area (Å²) in [5.74, 6) is 0.402. The number of benzene rings is 2. The van der Waals surface area contributed by atoms with E-state index >= 15 is 0 Å². The molecule has 2 unspecified atom stereocenters. The van der Waals surface area contributed by atoms with Gasteiger partial charge < -0.3 is 14.6 Å². The van der Waals surface area contributed by atoms with Gasteiger partial charge in [0, 0.05) is 0 Å². The highest BCUT2D eigenvalue weighted by Gasteiger charge is 2.32. The molecule has 1 heterocycles. The van der Waals surface area contributed by atoms with E-state index in [1.54, 1.807) is 18.2 Å². The molecule has 0 saturated carbocycles. The normalized spacial score (nSPS) is 15.7. The molecule has 8 nitrogen and oxygen atoms in total. The molecular weight excluding hydrogens is 536 g/mol. The summed E-state index contributed by atoms with van der Waals surface area (Å²) in [6, 6.07) is 14.4. The first-order valence-corrected chi connectivity index (χ1v) is 13.0. The highest BCUT2D eigenvalue weighted by molar-refractivity contribution is 9.10. The summed E-state index contributed by atoms with van der Waals surface area (Å²) in [5.41, 5.74) is 3.32. The van der Waals surface area contributed by atoms with Crippen LogP contribution in [0.1, 0.15) is 42.5 Å². The molecule has 0 amide bonds. The first kappa shape index (κ1) is 25.2. The van der Waals surface area contributed by atoms with Crippen LogP contribution in [0.5, 0.6) is 17.4 Å². The number of rotatable bonds is 9. The Balaban J connectivity index is 1.62. The number of carbonyl (C=O) groups is 1. The molecule has 0 aliphatic heterocycles. The van der Waals surface area contributed by atoms with E-state index in [1.165, 1.54) is 16.1 Å². The van der Waals surface area contributed by atoms with E-state index in [4.69, 9.17) is 14.6 Å². The maximum atomic E-state index is 12.5. The Labute approximate surface area is 214 Å². The highest BCUT2D eigenvalue weighted by Crippen LogP contribution is 2.42. The summed E-state index contributed by atoms with van der Waals surface area (Å²) in [6.07, 6.45) is 4.53. The number of aryl methyl sites for hydroxylation is 1. The predicted octanol–water partition coefficient (Wildman–Crippen LogP) is 5.68. The summed E-state index contributed by atoms with van der Waals surface area (Å²) in [7, 11) is 0. The van der Waals surface area contributed by atoms with Gasteiger partial charge >= 0.3 is 5.97 Å². The molecule has 0 radical (unpaired) electrons. The maximum absolute atomic E-state index is 12.5. The van der Waals surface area contributed by atoms with Gasteiger partial charge in [-0.1, -0.05) is 31.2 Å². The zero-order valence-corrected chi connectivity index (χ0v) is 21.4. The van der Waals surface area contributed by atoms with Crippen molar-refractivity contribution in [2.45, 2.75) is 38.6 Å². The van der Waals surface area contributed by atoms with Gasteiger partial charge in [-0.25, -0.2) is 14.0 Å². The summed E-state index contributed by atoms with van der Waals surface area (Å²) < 4.78 is 36.1. The molecule has 35 heavy (non-hydrogen) atoms. The lowest BCUT2D eigenvalue weighted by molar-refractivity contribution is -0.139. The standard InChI is InChI=1S/C25H25BrN2O6S/c1-2-16-9-11-18(12-10-16)34-25-21(26)13-17(14-27-25)28(35(31)32)22-7-3-6-20-19(22)5-4-8-23(20)33-15-24(29)30/h4-5,8-14,22H,2-3,6-7,15H2,1H3,(H,29,30)(H,31,32). The van der Waals surface area contributed by atoms with Crippen molar-refractivity contribution < 1.29 is 28.1 Å². The van der Waals surface area contributed by atoms with Crippen LogP contribution in [0.15, 0.2) is 59.2 Å². The zero-order valence-electron chi connectivity index (χ0n) is 19.0. The van der Waals surface area contributed by atoms with Gasteiger partial charge in [0.1, 0.15) is 11.5 Å². The second-order valence-corrected chi connectivity index (χ2v) is 9.76. The predicted molar refractivity (Wildman–Crippen MR) is 136 cm³/mol. The second-order valence-electron chi connectivity index (χ2n) is 8.05. The van der Waals surface area contributed by atoms with Crippen molar-refractivity contribution in [1.82, 2.24) is 4.98 Å². The lowest BCUT2D eigenvalue weighted by Crippen LogP contribution is -2.33. The van der Waals surface area contributed by atoms with E-state index < -0.39 is 29.9 Å². The number of hydrogen-bond acceptors (Lipinski definition) is 5. The van der Waals surface area contributed by atoms with Crippen LogP contribution in [0.3, 0.4) is 0 Å². The minimum absolute atomic E-state index is 0.343. The first-order valence-electron chi connectivity index (χ1n) is 11.2. The minimum Gasteiger partial charge on any atom is -0.482 e. The molecule has 1 aromatic heterocycles. The summed E-state index contributed by atoms with van der Waals surface area (Å²) in [4.78, 5) is 15.4. The molecule has 2 atom stereocenters. The fourth-order valence-electron chi connectivity index (χ4n) is 4.20. The molecular formula is C25H25BrN2O6S. The van der Waals surface area contributed by atoms with E-state index in [0.29, 0.717) is 40.4 Å². The number of pyridine rings is 1. The van der Waals surface area contributed by atoms with Crippen LogP contribution >= 0.6 is 15.9 Å². The van der Waals surface area contributed by atoms with Gasteiger partial charge in [0.2, 0.25) is 5.88 Å². The lowest BCUT2D eigenvalue weighted by Gasteiger charge is -2.35. The fraction of sp³-hybridized carbons (Fsp3) is 0.280. The molecule has 0 bridgehead atoms. The quantitative estimate of drug-likeness (QED) is 0.324. The molecule has 0 fully saturated rings. The number of aliphatic carboxylic acids is 1. The van der Waals surface area contributed by atoms with Crippen molar-refractivity contribution >= 4 is 38.9 Å². The maximum Gasteiger partial charge on any atom is 0.341 e.